The number of hydrogen-bond acceptors (Lipinski definition) is 6. The minimum absolute atomic E-state index is 0.278. The van der Waals surface area contributed by atoms with Gasteiger partial charge in [-0.2, -0.15) is 17.4 Å². The highest BCUT2D eigenvalue weighted by atomic mass is 32.2. The lowest BCUT2D eigenvalue weighted by Crippen LogP contribution is -2.57. The van der Waals surface area contributed by atoms with Crippen molar-refractivity contribution in [2.24, 2.45) is 0 Å². The zero-order chi connectivity index (χ0) is 20.1. The predicted molar refractivity (Wildman–Crippen MR) is 104 cm³/mol. The highest BCUT2D eigenvalue weighted by Gasteiger charge is 2.40. The van der Waals surface area contributed by atoms with Gasteiger partial charge in [0.25, 0.3) is 10.2 Å². The number of carbonyl (C=O) groups is 1. The van der Waals surface area contributed by atoms with Crippen molar-refractivity contribution < 1.29 is 22.7 Å². The third-order valence-electron chi connectivity index (χ3n) is 5.22. The molecule has 2 saturated heterocycles. The minimum atomic E-state index is -3.75. The van der Waals surface area contributed by atoms with Gasteiger partial charge in [0.15, 0.2) is 0 Å². The van der Waals surface area contributed by atoms with E-state index < -0.39 is 22.3 Å². The maximum atomic E-state index is 12.7. The summed E-state index contributed by atoms with van der Waals surface area (Å²) < 4.78 is 39.2. The minimum Gasteiger partial charge on any atom is -0.497 e. The van der Waals surface area contributed by atoms with Gasteiger partial charge in [-0.15, -0.1) is 0 Å². The van der Waals surface area contributed by atoms with Crippen molar-refractivity contribution >= 4 is 16.1 Å². The Labute approximate surface area is 166 Å². The van der Waals surface area contributed by atoms with Crippen LogP contribution in [0.25, 0.3) is 0 Å². The quantitative estimate of drug-likeness (QED) is 0.667. The van der Waals surface area contributed by atoms with E-state index in [1.165, 1.54) is 7.05 Å². The zero-order valence-corrected chi connectivity index (χ0v) is 17.1. The van der Waals surface area contributed by atoms with Crippen LogP contribution in [0, 0.1) is 0 Å². The molecule has 2 atom stereocenters. The van der Waals surface area contributed by atoms with E-state index in [1.807, 2.05) is 12.1 Å². The van der Waals surface area contributed by atoms with Crippen LogP contribution in [0.3, 0.4) is 0 Å². The van der Waals surface area contributed by atoms with Gasteiger partial charge >= 0.3 is 0 Å². The van der Waals surface area contributed by atoms with Crippen molar-refractivity contribution in [2.45, 2.75) is 18.5 Å². The molecular formula is C18H28N4O5S. The highest BCUT2D eigenvalue weighted by molar-refractivity contribution is 7.87. The van der Waals surface area contributed by atoms with Gasteiger partial charge in [0, 0.05) is 39.3 Å². The summed E-state index contributed by atoms with van der Waals surface area (Å²) in [6.45, 7) is 4.29. The molecular weight excluding hydrogens is 384 g/mol. The number of carbonyl (C=O) groups excluding carboxylic acids is 1. The molecule has 1 aromatic rings. The molecule has 9 nitrogen and oxygen atoms in total. The molecule has 0 spiro atoms. The molecule has 1 amide bonds. The summed E-state index contributed by atoms with van der Waals surface area (Å²) >= 11 is 0. The number of ether oxygens (including phenoxy) is 2. The Morgan fingerprint density at radius 1 is 1.29 bits per heavy atom. The van der Waals surface area contributed by atoms with Gasteiger partial charge in [0.1, 0.15) is 11.8 Å². The lowest BCUT2D eigenvalue weighted by atomic mass is 9.99. The van der Waals surface area contributed by atoms with E-state index >= 15 is 0 Å². The summed E-state index contributed by atoms with van der Waals surface area (Å²) in [7, 11) is -0.747. The van der Waals surface area contributed by atoms with Gasteiger partial charge in [-0.25, -0.2) is 0 Å². The molecule has 2 aliphatic rings. The molecule has 0 aliphatic carbocycles. The SMILES string of the molecule is COc1ccc(C2CC(C(=O)NCCN3CCOCC3)N(C)S(=O)(=O)N2)cc1. The molecule has 3 rings (SSSR count). The number of benzene rings is 1. The Morgan fingerprint density at radius 2 is 1.96 bits per heavy atom. The molecule has 10 heteroatoms. The fraction of sp³-hybridized carbons (Fsp3) is 0.611. The molecule has 0 aromatic heterocycles. The molecule has 0 bridgehead atoms. The summed E-state index contributed by atoms with van der Waals surface area (Å²) in [6, 6.07) is 5.94. The van der Waals surface area contributed by atoms with Crippen LogP contribution in [0.5, 0.6) is 5.75 Å². The molecule has 0 saturated carbocycles. The molecule has 28 heavy (non-hydrogen) atoms. The van der Waals surface area contributed by atoms with Crippen LogP contribution in [0.4, 0.5) is 0 Å². The van der Waals surface area contributed by atoms with Crippen molar-refractivity contribution in [3.8, 4) is 5.75 Å². The first-order valence-electron chi connectivity index (χ1n) is 9.38. The number of morpholine rings is 1. The summed E-state index contributed by atoms with van der Waals surface area (Å²) in [5, 5.41) is 2.88. The summed E-state index contributed by atoms with van der Waals surface area (Å²) in [5.41, 5.74) is 0.795. The number of amides is 1. The van der Waals surface area contributed by atoms with Crippen molar-refractivity contribution in [2.75, 3.05) is 53.6 Å². The molecule has 2 heterocycles. The molecule has 156 valence electrons. The molecule has 2 fully saturated rings. The van der Waals surface area contributed by atoms with E-state index in [0.29, 0.717) is 31.9 Å². The fourth-order valence-electron chi connectivity index (χ4n) is 3.44. The lowest BCUT2D eigenvalue weighted by molar-refractivity contribution is -0.125. The van der Waals surface area contributed by atoms with Gasteiger partial charge in [-0.1, -0.05) is 12.1 Å². The Morgan fingerprint density at radius 3 is 2.61 bits per heavy atom. The standard InChI is InChI=1S/C18H28N4O5S/c1-21-17(18(23)19-7-8-22-9-11-27-12-10-22)13-16(20-28(21,24)25)14-3-5-15(26-2)6-4-14/h3-6,16-17,20H,7-13H2,1-2H3,(H,19,23). The van der Waals surface area contributed by atoms with Crippen molar-refractivity contribution in [1.29, 1.82) is 0 Å². The zero-order valence-electron chi connectivity index (χ0n) is 16.3. The number of methoxy groups -OCH3 is 1. The maximum Gasteiger partial charge on any atom is 0.280 e. The Kier molecular flexibility index (Phi) is 6.89. The first kappa shape index (κ1) is 21.0. The molecule has 2 unspecified atom stereocenters. The second kappa shape index (κ2) is 9.19. The second-order valence-corrected chi connectivity index (χ2v) is 8.72. The normalized spacial score (nSPS) is 25.9. The Balaban J connectivity index is 1.63. The van der Waals surface area contributed by atoms with E-state index in [2.05, 4.69) is 14.9 Å². The average Bonchev–Trinajstić information content (AvgIpc) is 2.70. The monoisotopic (exact) mass is 412 g/mol. The van der Waals surface area contributed by atoms with Gasteiger partial charge < -0.3 is 14.8 Å². The van der Waals surface area contributed by atoms with E-state index in [9.17, 15) is 13.2 Å². The number of rotatable bonds is 6. The van der Waals surface area contributed by atoms with Gasteiger partial charge in [-0.3, -0.25) is 9.69 Å². The third-order valence-corrected chi connectivity index (χ3v) is 6.82. The van der Waals surface area contributed by atoms with Crippen molar-refractivity contribution in [3.63, 3.8) is 0 Å². The Bertz CT molecular complexity index is 765. The summed E-state index contributed by atoms with van der Waals surface area (Å²) in [6.07, 6.45) is 0.353. The number of nitrogens with zero attached hydrogens (tertiary/aromatic N) is 2. The van der Waals surface area contributed by atoms with Crippen LogP contribution in [-0.4, -0.2) is 83.1 Å². The number of nitrogens with one attached hydrogen (secondary N) is 2. The number of hydrogen-bond donors (Lipinski definition) is 2. The van der Waals surface area contributed by atoms with Crippen molar-refractivity contribution in [1.82, 2.24) is 19.2 Å². The third kappa shape index (κ3) is 5.00. The van der Waals surface area contributed by atoms with E-state index in [1.54, 1.807) is 19.2 Å². The van der Waals surface area contributed by atoms with Crippen LogP contribution >= 0.6 is 0 Å². The predicted octanol–water partition coefficient (Wildman–Crippen LogP) is -0.277. The fourth-order valence-corrected chi connectivity index (χ4v) is 4.72. The largest absolute Gasteiger partial charge is 0.497 e. The van der Waals surface area contributed by atoms with Crippen LogP contribution in [0.15, 0.2) is 24.3 Å². The van der Waals surface area contributed by atoms with Gasteiger partial charge in [0.2, 0.25) is 5.91 Å². The van der Waals surface area contributed by atoms with Crippen molar-refractivity contribution in [3.05, 3.63) is 29.8 Å². The smallest absolute Gasteiger partial charge is 0.280 e. The molecule has 1 aromatic carbocycles. The van der Waals surface area contributed by atoms with Gasteiger partial charge in [0.05, 0.1) is 20.3 Å². The van der Waals surface area contributed by atoms with Crippen LogP contribution in [0.1, 0.15) is 18.0 Å². The second-order valence-electron chi connectivity index (χ2n) is 6.96. The van der Waals surface area contributed by atoms with E-state index in [4.69, 9.17) is 9.47 Å². The van der Waals surface area contributed by atoms with Gasteiger partial charge in [-0.05, 0) is 24.1 Å². The summed E-state index contributed by atoms with van der Waals surface area (Å²) in [4.78, 5) is 14.9. The van der Waals surface area contributed by atoms with Crippen LogP contribution in [-0.2, 0) is 19.7 Å². The first-order chi connectivity index (χ1) is 13.4. The van der Waals surface area contributed by atoms with Crippen LogP contribution < -0.4 is 14.8 Å². The average molecular weight is 413 g/mol. The maximum absolute atomic E-state index is 12.7. The first-order valence-corrected chi connectivity index (χ1v) is 10.8. The Hall–Kier alpha value is -1.72. The topological polar surface area (TPSA) is 100 Å². The highest BCUT2D eigenvalue weighted by Crippen LogP contribution is 2.28. The van der Waals surface area contributed by atoms with Crippen LogP contribution in [0.2, 0.25) is 0 Å². The molecule has 0 radical (unpaired) electrons. The van der Waals surface area contributed by atoms with E-state index in [0.717, 1.165) is 29.5 Å². The number of likely N-dealkylation sites (N-methyl/N-ethyl adjacent to an activating group) is 1. The summed E-state index contributed by atoms with van der Waals surface area (Å²) in [5.74, 6) is 0.413. The molecule has 2 aliphatic heterocycles. The van der Waals surface area contributed by atoms with E-state index in [-0.39, 0.29) is 5.91 Å². The molecule has 2 N–H and O–H groups in total. The lowest BCUT2D eigenvalue weighted by Gasteiger charge is -2.36.